The average Bonchev–Trinajstić information content (AvgIpc) is 2.76. The maximum atomic E-state index is 11.4. The van der Waals surface area contributed by atoms with Gasteiger partial charge in [-0.2, -0.15) is 0 Å². The second-order valence-electron chi connectivity index (χ2n) is 4.73. The van der Waals surface area contributed by atoms with Crippen LogP contribution in [-0.4, -0.2) is 42.9 Å². The van der Waals surface area contributed by atoms with E-state index >= 15 is 0 Å². The highest BCUT2D eigenvalue weighted by Gasteiger charge is 2.22. The zero-order valence-electron chi connectivity index (χ0n) is 10.4. The van der Waals surface area contributed by atoms with E-state index in [1.807, 2.05) is 17.0 Å². The Morgan fingerprint density at radius 2 is 2.05 bits per heavy atom. The van der Waals surface area contributed by atoms with E-state index in [2.05, 4.69) is 4.98 Å². The molecule has 102 valence electrons. The summed E-state index contributed by atoms with van der Waals surface area (Å²) in [6.07, 6.45) is 0. The highest BCUT2D eigenvalue weighted by Crippen LogP contribution is 2.22. The zero-order valence-corrected chi connectivity index (χ0v) is 11.2. The highest BCUT2D eigenvalue weighted by molar-refractivity contribution is 7.91. The molecule has 7 heteroatoms. The highest BCUT2D eigenvalue weighted by atomic mass is 32.2. The van der Waals surface area contributed by atoms with Crippen LogP contribution in [-0.2, 0) is 16.4 Å². The molecule has 1 aliphatic heterocycles. The maximum Gasteiger partial charge on any atom is 0.209 e. The van der Waals surface area contributed by atoms with Crippen molar-refractivity contribution in [2.45, 2.75) is 6.54 Å². The largest absolute Gasteiger partial charge is 0.439 e. The topological polar surface area (TPSA) is 89.4 Å². The summed E-state index contributed by atoms with van der Waals surface area (Å²) in [7, 11) is -2.85. The van der Waals surface area contributed by atoms with Crippen LogP contribution in [0, 0.1) is 0 Å². The molecule has 2 aromatic rings. The Kier molecular flexibility index (Phi) is 2.94. The first-order valence-electron chi connectivity index (χ1n) is 6.10. The van der Waals surface area contributed by atoms with Crippen LogP contribution >= 0.6 is 0 Å². The molecule has 0 bridgehead atoms. The first-order valence-corrected chi connectivity index (χ1v) is 7.92. The Morgan fingerprint density at radius 1 is 1.32 bits per heavy atom. The number of fused-ring (bicyclic) bond motifs is 1. The van der Waals surface area contributed by atoms with Crippen molar-refractivity contribution in [3.63, 3.8) is 0 Å². The number of nitrogens with zero attached hydrogens (tertiary/aromatic N) is 2. The molecule has 1 aliphatic rings. The minimum Gasteiger partial charge on any atom is -0.439 e. The third-order valence-electron chi connectivity index (χ3n) is 3.29. The fraction of sp³-hybridized carbons (Fsp3) is 0.417. The quantitative estimate of drug-likeness (QED) is 0.813. The Balaban J connectivity index is 1.77. The number of nitrogen functional groups attached to an aromatic ring is 1. The van der Waals surface area contributed by atoms with Gasteiger partial charge in [-0.25, -0.2) is 13.4 Å². The molecule has 0 aliphatic carbocycles. The minimum absolute atomic E-state index is 0.204. The van der Waals surface area contributed by atoms with Gasteiger partial charge in [-0.15, -0.1) is 0 Å². The lowest BCUT2D eigenvalue weighted by Gasteiger charge is -2.24. The number of hydrogen-bond donors (Lipinski definition) is 1. The molecule has 6 nitrogen and oxygen atoms in total. The number of nitrogens with two attached hydrogens (primary N) is 1. The molecular formula is C12H15N3O3S. The third-order valence-corrected chi connectivity index (χ3v) is 4.90. The van der Waals surface area contributed by atoms with E-state index in [0.29, 0.717) is 42.3 Å². The van der Waals surface area contributed by atoms with Crippen LogP contribution < -0.4 is 5.73 Å². The van der Waals surface area contributed by atoms with Crippen LogP contribution in [0.4, 0.5) is 5.69 Å². The maximum absolute atomic E-state index is 11.4. The molecule has 1 aromatic heterocycles. The summed E-state index contributed by atoms with van der Waals surface area (Å²) in [4.78, 5) is 6.39. The monoisotopic (exact) mass is 281 g/mol. The number of sulfone groups is 1. The predicted molar refractivity (Wildman–Crippen MR) is 72.4 cm³/mol. The number of rotatable bonds is 2. The molecule has 1 saturated heterocycles. The molecule has 19 heavy (non-hydrogen) atoms. The number of anilines is 1. The van der Waals surface area contributed by atoms with Gasteiger partial charge in [0.2, 0.25) is 5.89 Å². The molecular weight excluding hydrogens is 266 g/mol. The molecule has 2 heterocycles. The second kappa shape index (κ2) is 4.50. The third kappa shape index (κ3) is 2.57. The number of para-hydroxylation sites is 1. The summed E-state index contributed by atoms with van der Waals surface area (Å²) in [6, 6.07) is 5.42. The Bertz CT molecular complexity index is 694. The van der Waals surface area contributed by atoms with Crippen molar-refractivity contribution in [2.75, 3.05) is 30.3 Å². The molecule has 0 unspecified atom stereocenters. The van der Waals surface area contributed by atoms with Crippen LogP contribution in [0.2, 0.25) is 0 Å². The van der Waals surface area contributed by atoms with Gasteiger partial charge in [0.25, 0.3) is 0 Å². The second-order valence-corrected chi connectivity index (χ2v) is 7.03. The zero-order chi connectivity index (χ0) is 13.5. The predicted octanol–water partition coefficient (Wildman–Crippen LogP) is 0.640. The summed E-state index contributed by atoms with van der Waals surface area (Å²) in [5.41, 5.74) is 7.75. The van der Waals surface area contributed by atoms with Gasteiger partial charge < -0.3 is 10.2 Å². The SMILES string of the molecule is Nc1cccc2oc(CN3CCS(=O)(=O)CC3)nc12. The standard InChI is InChI=1S/C12H15N3O3S/c13-9-2-1-3-10-12(9)14-11(18-10)8-15-4-6-19(16,17)7-5-15/h1-3H,4-8,13H2. The van der Waals surface area contributed by atoms with Gasteiger partial charge in [-0.05, 0) is 12.1 Å². The first kappa shape index (κ1) is 12.4. The van der Waals surface area contributed by atoms with E-state index in [1.54, 1.807) is 6.07 Å². The van der Waals surface area contributed by atoms with Gasteiger partial charge in [-0.3, -0.25) is 4.90 Å². The van der Waals surface area contributed by atoms with Crippen LogP contribution in [0.5, 0.6) is 0 Å². The van der Waals surface area contributed by atoms with E-state index < -0.39 is 9.84 Å². The van der Waals surface area contributed by atoms with Gasteiger partial charge in [0.15, 0.2) is 15.4 Å². The number of oxazole rings is 1. The molecule has 1 aromatic carbocycles. The van der Waals surface area contributed by atoms with Gasteiger partial charge in [0.05, 0.1) is 23.7 Å². The van der Waals surface area contributed by atoms with Crippen LogP contribution in [0.15, 0.2) is 22.6 Å². The van der Waals surface area contributed by atoms with E-state index in [4.69, 9.17) is 10.2 Å². The van der Waals surface area contributed by atoms with Gasteiger partial charge in [0, 0.05) is 13.1 Å². The van der Waals surface area contributed by atoms with E-state index in [1.165, 1.54) is 0 Å². The summed E-state index contributed by atoms with van der Waals surface area (Å²) in [6.45, 7) is 1.57. The van der Waals surface area contributed by atoms with Crippen molar-refractivity contribution in [1.29, 1.82) is 0 Å². The van der Waals surface area contributed by atoms with Crippen molar-refractivity contribution in [2.24, 2.45) is 0 Å². The summed E-state index contributed by atoms with van der Waals surface area (Å²) >= 11 is 0. The molecule has 0 atom stereocenters. The number of hydrogen-bond acceptors (Lipinski definition) is 6. The summed E-state index contributed by atoms with van der Waals surface area (Å²) in [5.74, 6) is 0.984. The first-order chi connectivity index (χ1) is 9.03. The van der Waals surface area contributed by atoms with E-state index in [9.17, 15) is 8.42 Å². The van der Waals surface area contributed by atoms with Gasteiger partial charge >= 0.3 is 0 Å². The average molecular weight is 281 g/mol. The fourth-order valence-electron chi connectivity index (χ4n) is 2.18. The Morgan fingerprint density at radius 3 is 2.74 bits per heavy atom. The van der Waals surface area contributed by atoms with Crippen molar-refractivity contribution in [3.8, 4) is 0 Å². The normalized spacial score (nSPS) is 19.8. The lowest BCUT2D eigenvalue weighted by atomic mass is 10.3. The lowest BCUT2D eigenvalue weighted by Crippen LogP contribution is -2.39. The van der Waals surface area contributed by atoms with Crippen LogP contribution in [0.3, 0.4) is 0 Å². The summed E-state index contributed by atoms with van der Waals surface area (Å²) < 4.78 is 28.3. The summed E-state index contributed by atoms with van der Waals surface area (Å²) in [5, 5.41) is 0. The smallest absolute Gasteiger partial charge is 0.209 e. The number of aromatic nitrogens is 1. The van der Waals surface area contributed by atoms with Gasteiger partial charge in [-0.1, -0.05) is 6.07 Å². The molecule has 0 radical (unpaired) electrons. The van der Waals surface area contributed by atoms with Crippen molar-refractivity contribution >= 4 is 26.6 Å². The van der Waals surface area contributed by atoms with Crippen molar-refractivity contribution in [1.82, 2.24) is 9.88 Å². The Labute approximate surface area is 111 Å². The number of benzene rings is 1. The van der Waals surface area contributed by atoms with E-state index in [0.717, 1.165) is 0 Å². The molecule has 0 amide bonds. The van der Waals surface area contributed by atoms with Crippen LogP contribution in [0.25, 0.3) is 11.1 Å². The molecule has 0 saturated carbocycles. The molecule has 1 fully saturated rings. The molecule has 0 spiro atoms. The molecule has 2 N–H and O–H groups in total. The van der Waals surface area contributed by atoms with Crippen LogP contribution in [0.1, 0.15) is 5.89 Å². The fourth-order valence-corrected chi connectivity index (χ4v) is 3.46. The molecule has 3 rings (SSSR count). The van der Waals surface area contributed by atoms with Crippen molar-refractivity contribution in [3.05, 3.63) is 24.1 Å². The van der Waals surface area contributed by atoms with Crippen molar-refractivity contribution < 1.29 is 12.8 Å². The minimum atomic E-state index is -2.85. The van der Waals surface area contributed by atoms with Gasteiger partial charge in [0.1, 0.15) is 5.52 Å². The Hall–Kier alpha value is -1.60. The van der Waals surface area contributed by atoms with E-state index in [-0.39, 0.29) is 11.5 Å². The lowest BCUT2D eigenvalue weighted by molar-refractivity contribution is 0.260.